The fourth-order valence-corrected chi connectivity index (χ4v) is 2.78. The Labute approximate surface area is 137 Å². The normalized spacial score (nSPS) is 15.7. The molecule has 1 aliphatic heterocycles. The van der Waals surface area contributed by atoms with Crippen LogP contribution in [0, 0.1) is 0 Å². The van der Waals surface area contributed by atoms with Crippen LogP contribution in [-0.2, 0) is 18.0 Å². The highest BCUT2D eigenvalue weighted by Crippen LogP contribution is 2.37. The molecule has 0 atom stereocenters. The van der Waals surface area contributed by atoms with Crippen molar-refractivity contribution in [2.24, 2.45) is 7.05 Å². The summed E-state index contributed by atoms with van der Waals surface area (Å²) in [5.41, 5.74) is -0.257. The van der Waals surface area contributed by atoms with E-state index in [-0.39, 0.29) is 17.8 Å². The number of halogens is 4. The second-order valence-electron chi connectivity index (χ2n) is 5.31. The molecular formula is C14H16ClF3N4O. The maximum absolute atomic E-state index is 13.1. The van der Waals surface area contributed by atoms with Crippen LogP contribution in [0.25, 0.3) is 10.9 Å². The minimum absolute atomic E-state index is 0. The Bertz CT molecular complexity index is 708. The van der Waals surface area contributed by atoms with Gasteiger partial charge >= 0.3 is 6.18 Å². The van der Waals surface area contributed by atoms with Crippen molar-refractivity contribution in [3.8, 4) is 0 Å². The van der Waals surface area contributed by atoms with Crippen LogP contribution in [0.4, 0.5) is 19.0 Å². The van der Waals surface area contributed by atoms with E-state index in [1.807, 2.05) is 4.90 Å². The summed E-state index contributed by atoms with van der Waals surface area (Å²) in [5, 5.41) is 0.151. The molecule has 126 valence electrons. The predicted molar refractivity (Wildman–Crippen MR) is 82.8 cm³/mol. The number of anilines is 1. The monoisotopic (exact) mass is 348 g/mol. The van der Waals surface area contributed by atoms with E-state index in [0.29, 0.717) is 37.5 Å². The molecule has 0 N–H and O–H groups in total. The average molecular weight is 349 g/mol. The summed E-state index contributed by atoms with van der Waals surface area (Å²) in [6.45, 7) is 2.19. The first-order valence-corrected chi connectivity index (χ1v) is 6.87. The molecule has 1 aliphatic rings. The van der Waals surface area contributed by atoms with Gasteiger partial charge in [0.25, 0.3) is 0 Å². The maximum atomic E-state index is 13.1. The molecule has 1 fully saturated rings. The topological polar surface area (TPSA) is 41.4 Å². The van der Waals surface area contributed by atoms with E-state index >= 15 is 0 Å². The van der Waals surface area contributed by atoms with E-state index in [0.717, 1.165) is 12.6 Å². The van der Waals surface area contributed by atoms with E-state index in [4.69, 9.17) is 0 Å². The van der Waals surface area contributed by atoms with Crippen LogP contribution in [0.2, 0.25) is 0 Å². The summed E-state index contributed by atoms with van der Waals surface area (Å²) in [4.78, 5) is 18.4. The molecule has 9 heteroatoms. The molecule has 3 rings (SSSR count). The van der Waals surface area contributed by atoms with Crippen LogP contribution in [-0.4, -0.2) is 47.0 Å². The number of amides is 1. The maximum Gasteiger partial charge on any atom is 0.418 e. The highest BCUT2D eigenvalue weighted by atomic mass is 35.5. The van der Waals surface area contributed by atoms with Gasteiger partial charge in [-0.25, -0.2) is 4.98 Å². The molecule has 0 unspecified atom stereocenters. The van der Waals surface area contributed by atoms with Crippen molar-refractivity contribution in [3.05, 3.63) is 24.0 Å². The highest BCUT2D eigenvalue weighted by molar-refractivity contribution is 5.92. The Balaban J connectivity index is 0.00000192. The van der Waals surface area contributed by atoms with Gasteiger partial charge in [0.2, 0.25) is 6.41 Å². The number of aromatic nitrogens is 2. The van der Waals surface area contributed by atoms with Gasteiger partial charge in [-0.05, 0) is 6.07 Å². The molecule has 0 bridgehead atoms. The fourth-order valence-electron chi connectivity index (χ4n) is 2.78. The predicted octanol–water partition coefficient (Wildman–Crippen LogP) is 2.29. The van der Waals surface area contributed by atoms with Gasteiger partial charge in [0, 0.05) is 51.0 Å². The summed E-state index contributed by atoms with van der Waals surface area (Å²) < 4.78 is 40.9. The molecule has 0 spiro atoms. The van der Waals surface area contributed by atoms with Crippen molar-refractivity contribution in [1.29, 1.82) is 0 Å². The molecular weight excluding hydrogens is 333 g/mol. The molecule has 0 radical (unpaired) electrons. The van der Waals surface area contributed by atoms with Crippen molar-refractivity contribution < 1.29 is 18.0 Å². The Hall–Kier alpha value is -1.96. The first kappa shape index (κ1) is 17.4. The number of pyridine rings is 1. The average Bonchev–Trinajstić information content (AvgIpc) is 2.88. The Kier molecular flexibility index (Phi) is 4.74. The summed E-state index contributed by atoms with van der Waals surface area (Å²) in [5.74, 6) is 0.529. The molecule has 1 saturated heterocycles. The number of nitrogens with zero attached hydrogens (tertiary/aromatic N) is 4. The fraction of sp³-hybridized carbons (Fsp3) is 0.429. The van der Waals surface area contributed by atoms with Crippen LogP contribution in [0.15, 0.2) is 18.5 Å². The minimum atomic E-state index is -4.43. The SMILES string of the molecule is Cl.Cn1ccc2c(C(F)(F)F)cnc(N3CCN(C=O)CC3)c21. The van der Waals surface area contributed by atoms with Crippen LogP contribution in [0.1, 0.15) is 5.56 Å². The summed E-state index contributed by atoms with van der Waals surface area (Å²) >= 11 is 0. The van der Waals surface area contributed by atoms with Gasteiger partial charge < -0.3 is 14.4 Å². The zero-order chi connectivity index (χ0) is 15.9. The van der Waals surface area contributed by atoms with Gasteiger partial charge in [0.05, 0.1) is 11.1 Å². The lowest BCUT2D eigenvalue weighted by molar-refractivity contribution is -0.136. The number of aryl methyl sites for hydroxylation is 1. The van der Waals surface area contributed by atoms with Gasteiger partial charge in [-0.15, -0.1) is 12.4 Å². The van der Waals surface area contributed by atoms with Crippen molar-refractivity contribution in [2.45, 2.75) is 6.18 Å². The minimum Gasteiger partial charge on any atom is -0.351 e. The molecule has 2 aromatic heterocycles. The second-order valence-corrected chi connectivity index (χ2v) is 5.31. The van der Waals surface area contributed by atoms with Crippen molar-refractivity contribution in [2.75, 3.05) is 31.1 Å². The third-order valence-corrected chi connectivity index (χ3v) is 3.96. The highest BCUT2D eigenvalue weighted by Gasteiger charge is 2.35. The van der Waals surface area contributed by atoms with E-state index in [1.165, 1.54) is 6.07 Å². The van der Waals surface area contributed by atoms with Crippen LogP contribution >= 0.6 is 12.4 Å². The first-order valence-electron chi connectivity index (χ1n) is 6.87. The lowest BCUT2D eigenvalue weighted by Gasteiger charge is -2.33. The Morgan fingerprint density at radius 3 is 2.43 bits per heavy atom. The van der Waals surface area contributed by atoms with Gasteiger partial charge in [-0.2, -0.15) is 13.2 Å². The Morgan fingerprint density at radius 1 is 1.22 bits per heavy atom. The quantitative estimate of drug-likeness (QED) is 0.782. The number of carbonyl (C=O) groups excluding carboxylic acids is 1. The van der Waals surface area contributed by atoms with E-state index in [2.05, 4.69) is 4.98 Å². The van der Waals surface area contributed by atoms with Gasteiger partial charge in [0.15, 0.2) is 5.82 Å². The Morgan fingerprint density at radius 2 is 1.87 bits per heavy atom. The van der Waals surface area contributed by atoms with E-state index in [9.17, 15) is 18.0 Å². The van der Waals surface area contributed by atoms with E-state index < -0.39 is 11.7 Å². The summed E-state index contributed by atoms with van der Waals surface area (Å²) in [6, 6.07) is 1.46. The number of carbonyl (C=O) groups is 1. The lowest BCUT2D eigenvalue weighted by atomic mass is 10.1. The molecule has 1 amide bonds. The standard InChI is InChI=1S/C14H15F3N4O.ClH/c1-19-3-2-10-11(14(15,16)17)8-18-13(12(10)19)21-6-4-20(9-22)5-7-21;/h2-3,8-9H,4-7H2,1H3;1H. The third-order valence-electron chi connectivity index (χ3n) is 3.96. The molecule has 0 saturated carbocycles. The molecule has 3 heterocycles. The van der Waals surface area contributed by atoms with Crippen LogP contribution < -0.4 is 4.90 Å². The van der Waals surface area contributed by atoms with Crippen molar-refractivity contribution in [1.82, 2.24) is 14.5 Å². The zero-order valence-electron chi connectivity index (χ0n) is 12.4. The number of fused-ring (bicyclic) bond motifs is 1. The largest absolute Gasteiger partial charge is 0.418 e. The number of hydrogen-bond donors (Lipinski definition) is 0. The first-order chi connectivity index (χ1) is 10.4. The van der Waals surface area contributed by atoms with Crippen molar-refractivity contribution >= 4 is 35.5 Å². The molecule has 0 aliphatic carbocycles. The smallest absolute Gasteiger partial charge is 0.351 e. The van der Waals surface area contributed by atoms with E-state index in [1.54, 1.807) is 22.7 Å². The zero-order valence-corrected chi connectivity index (χ0v) is 13.2. The van der Waals surface area contributed by atoms with Gasteiger partial charge in [-0.3, -0.25) is 4.79 Å². The summed E-state index contributed by atoms with van der Waals surface area (Å²) in [7, 11) is 1.70. The van der Waals surface area contributed by atoms with Gasteiger partial charge in [0.1, 0.15) is 0 Å². The molecule has 5 nitrogen and oxygen atoms in total. The number of rotatable bonds is 2. The molecule has 2 aromatic rings. The molecule has 0 aromatic carbocycles. The second kappa shape index (κ2) is 6.27. The molecule has 23 heavy (non-hydrogen) atoms. The number of piperazine rings is 1. The van der Waals surface area contributed by atoms with Gasteiger partial charge in [-0.1, -0.05) is 0 Å². The van der Waals surface area contributed by atoms with Crippen LogP contribution in [0.5, 0.6) is 0 Å². The lowest BCUT2D eigenvalue weighted by Crippen LogP contribution is -2.46. The number of hydrogen-bond acceptors (Lipinski definition) is 3. The third kappa shape index (κ3) is 3.08. The number of alkyl halides is 3. The summed E-state index contributed by atoms with van der Waals surface area (Å²) in [6.07, 6.45) is -1.15. The van der Waals surface area contributed by atoms with Crippen LogP contribution in [0.3, 0.4) is 0 Å². The van der Waals surface area contributed by atoms with Crippen molar-refractivity contribution in [3.63, 3.8) is 0 Å².